The van der Waals surface area contributed by atoms with Gasteiger partial charge in [0.2, 0.25) is 0 Å². The highest BCUT2D eigenvalue weighted by molar-refractivity contribution is 6.35. The van der Waals surface area contributed by atoms with E-state index in [1.807, 2.05) is 13.0 Å². The number of amides is 1. The van der Waals surface area contributed by atoms with Gasteiger partial charge in [0.05, 0.1) is 13.7 Å². The van der Waals surface area contributed by atoms with Crippen LogP contribution in [0.2, 0.25) is 10.0 Å². The molecule has 0 spiro atoms. The van der Waals surface area contributed by atoms with Crippen LogP contribution in [0.15, 0.2) is 66.2 Å². The summed E-state index contributed by atoms with van der Waals surface area (Å²) in [7, 11) is 1.54. The van der Waals surface area contributed by atoms with E-state index in [0.717, 1.165) is 12.0 Å². The van der Waals surface area contributed by atoms with E-state index in [0.29, 0.717) is 45.2 Å². The Kier molecular flexibility index (Phi) is 9.42. The number of nitrogens with zero attached hydrogens (tertiary/aromatic N) is 1. The molecule has 0 fully saturated rings. The summed E-state index contributed by atoms with van der Waals surface area (Å²) in [5.41, 5.74) is 1.92. The van der Waals surface area contributed by atoms with E-state index < -0.39 is 5.91 Å². The lowest BCUT2D eigenvalue weighted by molar-refractivity contribution is -0.112. The van der Waals surface area contributed by atoms with Crippen LogP contribution >= 0.6 is 23.2 Å². The molecule has 8 heteroatoms. The highest BCUT2D eigenvalue weighted by atomic mass is 35.5. The normalized spacial score (nSPS) is 10.9. The largest absolute Gasteiger partial charge is 0.493 e. The Bertz CT molecular complexity index is 1250. The number of carbonyl (C=O) groups excluding carboxylic acids is 1. The zero-order chi connectivity index (χ0) is 25.2. The van der Waals surface area contributed by atoms with Gasteiger partial charge in [-0.25, -0.2) is 0 Å². The van der Waals surface area contributed by atoms with Crippen LogP contribution in [0.25, 0.3) is 6.08 Å². The number of carbonyl (C=O) groups is 1. The first-order valence-electron chi connectivity index (χ1n) is 10.8. The second-order valence-electron chi connectivity index (χ2n) is 7.43. The predicted octanol–water partition coefficient (Wildman–Crippen LogP) is 6.92. The van der Waals surface area contributed by atoms with Crippen molar-refractivity contribution in [3.05, 3.63) is 87.4 Å². The van der Waals surface area contributed by atoms with Gasteiger partial charge in [-0.3, -0.25) is 4.79 Å². The van der Waals surface area contributed by atoms with Crippen LogP contribution < -0.4 is 19.5 Å². The third-order valence-electron chi connectivity index (χ3n) is 4.85. The number of rotatable bonds is 10. The third kappa shape index (κ3) is 7.41. The summed E-state index contributed by atoms with van der Waals surface area (Å²) in [6.07, 6.45) is 2.36. The molecule has 0 radical (unpaired) electrons. The summed E-state index contributed by atoms with van der Waals surface area (Å²) in [4.78, 5) is 12.7. The van der Waals surface area contributed by atoms with E-state index >= 15 is 0 Å². The first kappa shape index (κ1) is 26.0. The molecular formula is C27H24Cl2N2O4. The Labute approximate surface area is 214 Å². The van der Waals surface area contributed by atoms with E-state index in [2.05, 4.69) is 5.32 Å². The van der Waals surface area contributed by atoms with Crippen LogP contribution in [0.5, 0.6) is 17.2 Å². The lowest BCUT2D eigenvalue weighted by Gasteiger charge is -2.11. The molecule has 0 saturated heterocycles. The van der Waals surface area contributed by atoms with Crippen molar-refractivity contribution in [2.45, 2.75) is 20.0 Å². The zero-order valence-corrected chi connectivity index (χ0v) is 20.8. The Morgan fingerprint density at radius 1 is 1.03 bits per heavy atom. The van der Waals surface area contributed by atoms with Crippen LogP contribution in [-0.4, -0.2) is 19.6 Å². The van der Waals surface area contributed by atoms with Gasteiger partial charge in [0, 0.05) is 21.3 Å². The van der Waals surface area contributed by atoms with Gasteiger partial charge >= 0.3 is 0 Å². The molecule has 3 aromatic carbocycles. The van der Waals surface area contributed by atoms with Crippen LogP contribution in [-0.2, 0) is 11.4 Å². The van der Waals surface area contributed by atoms with Gasteiger partial charge in [0.1, 0.15) is 24.0 Å². The second kappa shape index (κ2) is 12.7. The van der Waals surface area contributed by atoms with Crippen molar-refractivity contribution in [3.8, 4) is 23.3 Å². The summed E-state index contributed by atoms with van der Waals surface area (Å²) in [6.45, 7) is 2.85. The maximum Gasteiger partial charge on any atom is 0.266 e. The van der Waals surface area contributed by atoms with E-state index in [4.69, 9.17) is 37.4 Å². The Balaban J connectivity index is 1.64. The van der Waals surface area contributed by atoms with E-state index in [-0.39, 0.29) is 12.2 Å². The molecule has 0 aliphatic carbocycles. The van der Waals surface area contributed by atoms with Crippen LogP contribution in [0, 0.1) is 11.3 Å². The average molecular weight is 511 g/mol. The molecule has 3 aromatic rings. The molecule has 3 rings (SSSR count). The number of methoxy groups -OCH3 is 1. The van der Waals surface area contributed by atoms with E-state index in [9.17, 15) is 10.1 Å². The molecule has 0 aliphatic heterocycles. The topological polar surface area (TPSA) is 80.6 Å². The molecule has 0 unspecified atom stereocenters. The van der Waals surface area contributed by atoms with Crippen LogP contribution in [0.3, 0.4) is 0 Å². The predicted molar refractivity (Wildman–Crippen MR) is 138 cm³/mol. The van der Waals surface area contributed by atoms with Crippen molar-refractivity contribution in [2.75, 3.05) is 19.0 Å². The smallest absolute Gasteiger partial charge is 0.266 e. The first-order valence-corrected chi connectivity index (χ1v) is 11.6. The minimum atomic E-state index is -0.528. The highest BCUT2D eigenvalue weighted by Gasteiger charge is 2.12. The van der Waals surface area contributed by atoms with Crippen LogP contribution in [0.4, 0.5) is 5.69 Å². The Morgan fingerprint density at radius 2 is 1.80 bits per heavy atom. The average Bonchev–Trinajstić information content (AvgIpc) is 2.86. The third-order valence-corrected chi connectivity index (χ3v) is 5.43. The number of nitrogens with one attached hydrogen (secondary N) is 1. The quantitative estimate of drug-likeness (QED) is 0.236. The molecule has 1 N–H and O–H groups in total. The Hall–Kier alpha value is -3.66. The molecule has 0 atom stereocenters. The number of hydrogen-bond acceptors (Lipinski definition) is 5. The van der Waals surface area contributed by atoms with Crippen molar-refractivity contribution in [2.24, 2.45) is 0 Å². The second-order valence-corrected chi connectivity index (χ2v) is 8.28. The number of halogens is 2. The number of benzene rings is 3. The summed E-state index contributed by atoms with van der Waals surface area (Å²) in [5.74, 6) is 1.21. The molecule has 6 nitrogen and oxygen atoms in total. The fraction of sp³-hybridized carbons (Fsp3) is 0.185. The number of ether oxygens (including phenoxy) is 3. The minimum Gasteiger partial charge on any atom is -0.493 e. The van der Waals surface area contributed by atoms with Gasteiger partial charge < -0.3 is 19.5 Å². The standard InChI is InChI=1S/C27H24Cl2N2O4/c1-3-12-34-25-11-4-18(14-26(25)33-2)13-20(16-30)27(32)31-22-7-9-23(10-8-22)35-17-19-5-6-21(28)15-24(19)29/h4-11,13-15H,3,12,17H2,1-2H3,(H,31,32)/b20-13+. The lowest BCUT2D eigenvalue weighted by atomic mass is 10.1. The fourth-order valence-electron chi connectivity index (χ4n) is 3.05. The van der Waals surface area contributed by atoms with E-state index in [1.165, 1.54) is 13.2 Å². The maximum absolute atomic E-state index is 12.7. The van der Waals surface area contributed by atoms with Gasteiger partial charge in [-0.1, -0.05) is 42.3 Å². The maximum atomic E-state index is 12.7. The molecule has 35 heavy (non-hydrogen) atoms. The van der Waals surface area contributed by atoms with Crippen molar-refractivity contribution >= 4 is 40.9 Å². The van der Waals surface area contributed by atoms with Crippen LogP contribution in [0.1, 0.15) is 24.5 Å². The lowest BCUT2D eigenvalue weighted by Crippen LogP contribution is -2.13. The zero-order valence-electron chi connectivity index (χ0n) is 19.3. The highest BCUT2D eigenvalue weighted by Crippen LogP contribution is 2.29. The summed E-state index contributed by atoms with van der Waals surface area (Å²) < 4.78 is 16.8. The number of anilines is 1. The molecule has 0 bridgehead atoms. The number of hydrogen-bond donors (Lipinski definition) is 1. The van der Waals surface area contributed by atoms with Crippen molar-refractivity contribution in [1.29, 1.82) is 5.26 Å². The monoisotopic (exact) mass is 510 g/mol. The summed E-state index contributed by atoms with van der Waals surface area (Å²) in [6, 6.07) is 19.2. The van der Waals surface area contributed by atoms with Crippen molar-refractivity contribution < 1.29 is 19.0 Å². The summed E-state index contributed by atoms with van der Waals surface area (Å²) in [5, 5.41) is 13.3. The molecule has 1 amide bonds. The van der Waals surface area contributed by atoms with Gasteiger partial charge in [-0.2, -0.15) is 5.26 Å². The Morgan fingerprint density at radius 3 is 2.46 bits per heavy atom. The fourth-order valence-corrected chi connectivity index (χ4v) is 3.52. The molecule has 0 aliphatic rings. The molecular weight excluding hydrogens is 487 g/mol. The molecule has 0 saturated carbocycles. The molecule has 0 heterocycles. The minimum absolute atomic E-state index is 0.0491. The number of nitriles is 1. The first-order chi connectivity index (χ1) is 16.9. The molecule has 0 aromatic heterocycles. The molecule has 180 valence electrons. The van der Waals surface area contributed by atoms with Gasteiger partial charge in [0.15, 0.2) is 11.5 Å². The summed E-state index contributed by atoms with van der Waals surface area (Å²) >= 11 is 12.1. The SMILES string of the molecule is CCCOc1ccc(/C=C(\C#N)C(=O)Nc2ccc(OCc3ccc(Cl)cc3Cl)cc2)cc1OC. The van der Waals surface area contributed by atoms with Crippen molar-refractivity contribution in [1.82, 2.24) is 0 Å². The van der Waals surface area contributed by atoms with Gasteiger partial charge in [0.25, 0.3) is 5.91 Å². The van der Waals surface area contributed by atoms with Gasteiger partial charge in [-0.05, 0) is 66.6 Å². The van der Waals surface area contributed by atoms with Crippen molar-refractivity contribution in [3.63, 3.8) is 0 Å². The van der Waals surface area contributed by atoms with E-state index in [1.54, 1.807) is 60.7 Å². The van der Waals surface area contributed by atoms with Gasteiger partial charge in [-0.15, -0.1) is 0 Å².